The Kier molecular flexibility index (Phi) is 4.90. The number of hydrogen-bond acceptors (Lipinski definition) is 2. The molecule has 0 bridgehead atoms. The van der Waals surface area contributed by atoms with Gasteiger partial charge in [0.1, 0.15) is 11.3 Å². The van der Waals surface area contributed by atoms with Gasteiger partial charge in [0.05, 0.1) is 5.69 Å². The topological polar surface area (TPSA) is 46.4 Å². The number of aryl methyl sites for hydroxylation is 1. The zero-order valence-corrected chi connectivity index (χ0v) is 16.4. The number of pyridine rings is 1. The lowest BCUT2D eigenvalue weighted by atomic mass is 9.82. The number of carbonyl (C=O) groups is 1. The molecule has 2 aromatic heterocycles. The van der Waals surface area contributed by atoms with Crippen molar-refractivity contribution in [2.24, 2.45) is 5.41 Å². The van der Waals surface area contributed by atoms with Crippen LogP contribution in [0.5, 0.6) is 0 Å². The smallest absolute Gasteiger partial charge is 0.270 e. The van der Waals surface area contributed by atoms with E-state index >= 15 is 0 Å². The van der Waals surface area contributed by atoms with E-state index in [4.69, 9.17) is 0 Å². The Bertz CT molecular complexity index is 726. The number of halogens is 1. The van der Waals surface area contributed by atoms with Crippen LogP contribution in [-0.2, 0) is 6.42 Å². The lowest BCUT2D eigenvalue weighted by molar-refractivity contribution is 0.0884. The molecule has 0 fully saturated rings. The molecule has 0 radical (unpaired) electrons. The van der Waals surface area contributed by atoms with Crippen LogP contribution in [0.25, 0.3) is 5.65 Å². The fourth-order valence-corrected chi connectivity index (χ4v) is 3.63. The molecule has 5 heteroatoms. The number of fused-ring (bicyclic) bond motifs is 1. The van der Waals surface area contributed by atoms with Gasteiger partial charge in [-0.1, -0.05) is 27.7 Å². The Morgan fingerprint density at radius 3 is 2.48 bits per heavy atom. The minimum absolute atomic E-state index is 0.0679. The normalized spacial score (nSPS) is 12.7. The zero-order chi connectivity index (χ0) is 17.4. The molecule has 126 valence electrons. The van der Waals surface area contributed by atoms with E-state index in [-0.39, 0.29) is 16.9 Å². The number of amides is 1. The third kappa shape index (κ3) is 4.34. The van der Waals surface area contributed by atoms with E-state index in [1.807, 2.05) is 29.7 Å². The SMILES string of the molecule is CCc1nc2ccc(Br)cn2c1C(=O)NC(C)(C)CC(C)(C)C. The number of imidazole rings is 1. The lowest BCUT2D eigenvalue weighted by Gasteiger charge is -2.33. The summed E-state index contributed by atoms with van der Waals surface area (Å²) in [5.41, 5.74) is 2.12. The third-order valence-corrected chi connectivity index (χ3v) is 4.10. The maximum Gasteiger partial charge on any atom is 0.270 e. The van der Waals surface area contributed by atoms with Crippen LogP contribution < -0.4 is 5.32 Å². The van der Waals surface area contributed by atoms with Crippen molar-refractivity contribution in [2.45, 2.75) is 59.9 Å². The minimum atomic E-state index is -0.281. The van der Waals surface area contributed by atoms with E-state index in [1.165, 1.54) is 0 Å². The second-order valence-electron chi connectivity index (χ2n) is 7.91. The molecular formula is C18H26BrN3O. The van der Waals surface area contributed by atoms with Crippen molar-refractivity contribution < 1.29 is 4.79 Å². The molecule has 0 spiro atoms. The van der Waals surface area contributed by atoms with Crippen LogP contribution in [0.3, 0.4) is 0 Å². The summed E-state index contributed by atoms with van der Waals surface area (Å²) in [6, 6.07) is 3.85. The van der Waals surface area contributed by atoms with Gasteiger partial charge in [-0.2, -0.15) is 0 Å². The fraction of sp³-hybridized carbons (Fsp3) is 0.556. The summed E-state index contributed by atoms with van der Waals surface area (Å²) in [6.45, 7) is 12.7. The molecule has 1 N–H and O–H groups in total. The van der Waals surface area contributed by atoms with Crippen molar-refractivity contribution in [3.05, 3.63) is 34.2 Å². The Morgan fingerprint density at radius 1 is 1.26 bits per heavy atom. The summed E-state index contributed by atoms with van der Waals surface area (Å²) in [4.78, 5) is 17.5. The monoisotopic (exact) mass is 379 g/mol. The predicted molar refractivity (Wildman–Crippen MR) is 97.9 cm³/mol. The highest BCUT2D eigenvalue weighted by molar-refractivity contribution is 9.10. The molecule has 0 aliphatic carbocycles. The van der Waals surface area contributed by atoms with E-state index in [1.54, 1.807) is 0 Å². The molecule has 2 heterocycles. The van der Waals surface area contributed by atoms with Crippen LogP contribution in [0.4, 0.5) is 0 Å². The van der Waals surface area contributed by atoms with Crippen LogP contribution in [-0.4, -0.2) is 20.8 Å². The zero-order valence-electron chi connectivity index (χ0n) is 14.8. The van der Waals surface area contributed by atoms with Gasteiger partial charge >= 0.3 is 0 Å². The lowest BCUT2D eigenvalue weighted by Crippen LogP contribution is -2.46. The highest BCUT2D eigenvalue weighted by atomic mass is 79.9. The standard InChI is InChI=1S/C18H26BrN3O/c1-7-13-15(22-10-12(19)8-9-14(22)20-13)16(23)21-18(5,6)11-17(2,3)4/h8-10H,7,11H2,1-6H3,(H,21,23). The average Bonchev–Trinajstić information content (AvgIpc) is 2.72. The molecule has 0 atom stereocenters. The summed E-state index contributed by atoms with van der Waals surface area (Å²) < 4.78 is 2.79. The maximum atomic E-state index is 12.9. The molecule has 2 aromatic rings. The van der Waals surface area contributed by atoms with Crippen molar-refractivity contribution >= 4 is 27.5 Å². The summed E-state index contributed by atoms with van der Waals surface area (Å²) in [5.74, 6) is -0.0679. The Morgan fingerprint density at radius 2 is 1.91 bits per heavy atom. The van der Waals surface area contributed by atoms with Crippen LogP contribution in [0.15, 0.2) is 22.8 Å². The van der Waals surface area contributed by atoms with E-state index in [9.17, 15) is 4.79 Å². The fourth-order valence-electron chi connectivity index (χ4n) is 3.29. The van der Waals surface area contributed by atoms with Crippen molar-refractivity contribution in [3.8, 4) is 0 Å². The Balaban J connectivity index is 2.39. The van der Waals surface area contributed by atoms with E-state index in [2.05, 4.69) is 60.8 Å². The predicted octanol–water partition coefficient (Wildman–Crippen LogP) is 4.60. The van der Waals surface area contributed by atoms with Crippen LogP contribution in [0, 0.1) is 5.41 Å². The van der Waals surface area contributed by atoms with Crippen molar-refractivity contribution in [1.82, 2.24) is 14.7 Å². The first-order valence-corrected chi connectivity index (χ1v) is 8.81. The number of hydrogen-bond donors (Lipinski definition) is 1. The van der Waals surface area contributed by atoms with Gasteiger partial charge < -0.3 is 5.32 Å². The van der Waals surface area contributed by atoms with Gasteiger partial charge in [0.2, 0.25) is 0 Å². The molecule has 0 unspecified atom stereocenters. The van der Waals surface area contributed by atoms with Gasteiger partial charge in [0.25, 0.3) is 5.91 Å². The Labute approximate surface area is 146 Å². The number of nitrogens with one attached hydrogen (secondary N) is 1. The molecule has 2 rings (SSSR count). The maximum absolute atomic E-state index is 12.9. The molecule has 0 aliphatic heterocycles. The van der Waals surface area contributed by atoms with E-state index in [0.29, 0.717) is 5.69 Å². The summed E-state index contributed by atoms with van der Waals surface area (Å²) >= 11 is 3.47. The second kappa shape index (κ2) is 6.27. The molecule has 23 heavy (non-hydrogen) atoms. The molecule has 0 aliphatic rings. The number of rotatable bonds is 4. The van der Waals surface area contributed by atoms with Gasteiger partial charge in [0, 0.05) is 16.2 Å². The van der Waals surface area contributed by atoms with Gasteiger partial charge in [-0.05, 0) is 60.2 Å². The third-order valence-electron chi connectivity index (χ3n) is 3.63. The number of carbonyl (C=O) groups excluding carboxylic acids is 1. The number of nitrogens with zero attached hydrogens (tertiary/aromatic N) is 2. The molecule has 4 nitrogen and oxygen atoms in total. The molecule has 0 saturated carbocycles. The van der Waals surface area contributed by atoms with Crippen LogP contribution in [0.1, 0.15) is 64.1 Å². The van der Waals surface area contributed by atoms with Crippen LogP contribution in [0.2, 0.25) is 0 Å². The van der Waals surface area contributed by atoms with E-state index < -0.39 is 0 Å². The molecule has 0 aromatic carbocycles. The first-order valence-electron chi connectivity index (χ1n) is 8.01. The van der Waals surface area contributed by atoms with E-state index in [0.717, 1.165) is 28.7 Å². The Hall–Kier alpha value is -1.36. The van der Waals surface area contributed by atoms with Gasteiger partial charge in [-0.25, -0.2) is 4.98 Å². The van der Waals surface area contributed by atoms with Gasteiger partial charge in [0.15, 0.2) is 0 Å². The molecular weight excluding hydrogens is 354 g/mol. The van der Waals surface area contributed by atoms with Gasteiger partial charge in [-0.3, -0.25) is 9.20 Å². The highest BCUT2D eigenvalue weighted by Gasteiger charge is 2.29. The second-order valence-corrected chi connectivity index (χ2v) is 8.83. The number of aromatic nitrogens is 2. The first kappa shape index (κ1) is 18.0. The largest absolute Gasteiger partial charge is 0.346 e. The summed E-state index contributed by atoms with van der Waals surface area (Å²) in [6.07, 6.45) is 3.52. The van der Waals surface area contributed by atoms with Crippen LogP contribution >= 0.6 is 15.9 Å². The summed E-state index contributed by atoms with van der Waals surface area (Å²) in [7, 11) is 0. The van der Waals surface area contributed by atoms with Crippen molar-refractivity contribution in [2.75, 3.05) is 0 Å². The van der Waals surface area contributed by atoms with Crippen molar-refractivity contribution in [3.63, 3.8) is 0 Å². The molecule has 1 amide bonds. The average molecular weight is 380 g/mol. The quantitative estimate of drug-likeness (QED) is 0.843. The first-order chi connectivity index (χ1) is 10.5. The summed E-state index contributed by atoms with van der Waals surface area (Å²) in [5, 5.41) is 3.19. The highest BCUT2D eigenvalue weighted by Crippen LogP contribution is 2.27. The van der Waals surface area contributed by atoms with Crippen molar-refractivity contribution in [1.29, 1.82) is 0 Å². The molecule has 0 saturated heterocycles. The van der Waals surface area contributed by atoms with Gasteiger partial charge in [-0.15, -0.1) is 0 Å². The minimum Gasteiger partial charge on any atom is -0.346 e.